The van der Waals surface area contributed by atoms with Gasteiger partial charge < -0.3 is 29.1 Å². The Morgan fingerprint density at radius 2 is 0.636 bits per heavy atom. The lowest BCUT2D eigenvalue weighted by atomic mass is 10.4. The zero-order valence-corrected chi connectivity index (χ0v) is 15.1. The fourth-order valence-corrected chi connectivity index (χ4v) is 2.22. The van der Waals surface area contributed by atoms with Crippen molar-refractivity contribution in [1.29, 1.82) is 0 Å². The Labute approximate surface area is 136 Å². The third-order valence-corrected chi connectivity index (χ3v) is 4.20. The SMILES string of the molecule is CN1CCOCCN(C)CCN(C)CCOCCN(C)CC1. The molecule has 0 unspecified atom stereocenters. The van der Waals surface area contributed by atoms with Crippen molar-refractivity contribution in [2.45, 2.75) is 0 Å². The molecule has 0 amide bonds. The molecule has 1 fully saturated rings. The van der Waals surface area contributed by atoms with Crippen LogP contribution in [-0.4, -0.2) is 127 Å². The summed E-state index contributed by atoms with van der Waals surface area (Å²) in [6.45, 7) is 11.5. The number of nitrogens with zero attached hydrogens (tertiary/aromatic N) is 4. The molecule has 0 aromatic rings. The van der Waals surface area contributed by atoms with Crippen molar-refractivity contribution in [3.05, 3.63) is 0 Å². The standard InChI is InChI=1S/C16H36N4O2/c1-17-5-6-18(2)10-15-22-16-12-20(4)8-7-19(3)11-14-21-13-9-17/h5-16H2,1-4H3. The Hall–Kier alpha value is -0.240. The van der Waals surface area contributed by atoms with E-state index < -0.39 is 0 Å². The van der Waals surface area contributed by atoms with Gasteiger partial charge in [-0.3, -0.25) is 0 Å². The molecule has 1 heterocycles. The van der Waals surface area contributed by atoms with Crippen molar-refractivity contribution < 1.29 is 9.47 Å². The number of ether oxygens (including phenoxy) is 2. The summed E-state index contributed by atoms with van der Waals surface area (Å²) in [6.07, 6.45) is 0. The van der Waals surface area contributed by atoms with Crippen LogP contribution in [0.1, 0.15) is 0 Å². The van der Waals surface area contributed by atoms with Gasteiger partial charge in [0.15, 0.2) is 0 Å². The fourth-order valence-electron chi connectivity index (χ4n) is 2.22. The number of hydrogen-bond acceptors (Lipinski definition) is 6. The first-order chi connectivity index (χ1) is 10.6. The first-order valence-corrected chi connectivity index (χ1v) is 8.47. The molecule has 0 spiro atoms. The summed E-state index contributed by atoms with van der Waals surface area (Å²) < 4.78 is 11.5. The zero-order valence-electron chi connectivity index (χ0n) is 15.1. The van der Waals surface area contributed by atoms with Crippen molar-refractivity contribution in [2.24, 2.45) is 0 Å². The first kappa shape index (κ1) is 19.8. The predicted molar refractivity (Wildman–Crippen MR) is 91.6 cm³/mol. The van der Waals surface area contributed by atoms with Crippen LogP contribution in [0.2, 0.25) is 0 Å². The monoisotopic (exact) mass is 316 g/mol. The normalized spacial score (nSPS) is 25.6. The van der Waals surface area contributed by atoms with E-state index in [2.05, 4.69) is 47.8 Å². The lowest BCUT2D eigenvalue weighted by Gasteiger charge is -2.24. The summed E-state index contributed by atoms with van der Waals surface area (Å²) in [5.41, 5.74) is 0. The van der Waals surface area contributed by atoms with Crippen LogP contribution in [0.15, 0.2) is 0 Å². The molecule has 132 valence electrons. The van der Waals surface area contributed by atoms with E-state index in [1.807, 2.05) is 0 Å². The second-order valence-corrected chi connectivity index (χ2v) is 6.44. The van der Waals surface area contributed by atoms with Gasteiger partial charge in [0.05, 0.1) is 26.4 Å². The van der Waals surface area contributed by atoms with Gasteiger partial charge in [-0.2, -0.15) is 0 Å². The van der Waals surface area contributed by atoms with Gasteiger partial charge >= 0.3 is 0 Å². The minimum Gasteiger partial charge on any atom is -0.379 e. The highest BCUT2D eigenvalue weighted by molar-refractivity contribution is 4.59. The predicted octanol–water partition coefficient (Wildman–Crippen LogP) is -0.240. The van der Waals surface area contributed by atoms with Gasteiger partial charge in [-0.1, -0.05) is 0 Å². The van der Waals surface area contributed by atoms with Crippen LogP contribution in [0.25, 0.3) is 0 Å². The summed E-state index contributed by atoms with van der Waals surface area (Å²) in [6, 6.07) is 0. The van der Waals surface area contributed by atoms with Gasteiger partial charge in [-0.25, -0.2) is 0 Å². The highest BCUT2D eigenvalue weighted by Crippen LogP contribution is 1.92. The van der Waals surface area contributed by atoms with E-state index in [4.69, 9.17) is 9.47 Å². The summed E-state index contributed by atoms with van der Waals surface area (Å²) in [4.78, 5) is 9.33. The number of likely N-dealkylation sites (N-methyl/N-ethyl adjacent to an activating group) is 4. The number of hydrogen-bond donors (Lipinski definition) is 0. The van der Waals surface area contributed by atoms with Crippen LogP contribution in [0.3, 0.4) is 0 Å². The second-order valence-electron chi connectivity index (χ2n) is 6.44. The van der Waals surface area contributed by atoms with Crippen LogP contribution in [0.5, 0.6) is 0 Å². The van der Waals surface area contributed by atoms with Crippen molar-refractivity contribution in [2.75, 3.05) is 107 Å². The lowest BCUT2D eigenvalue weighted by Crippen LogP contribution is -2.36. The summed E-state index contributed by atoms with van der Waals surface area (Å²) >= 11 is 0. The van der Waals surface area contributed by atoms with E-state index in [1.54, 1.807) is 0 Å². The second kappa shape index (κ2) is 12.2. The molecule has 1 rings (SSSR count). The lowest BCUT2D eigenvalue weighted by molar-refractivity contribution is 0.0744. The molecule has 0 saturated carbocycles. The quantitative estimate of drug-likeness (QED) is 0.613. The molecule has 0 N–H and O–H groups in total. The van der Waals surface area contributed by atoms with E-state index in [0.717, 1.165) is 78.8 Å². The third kappa shape index (κ3) is 10.5. The molecule has 6 heteroatoms. The average Bonchev–Trinajstić information content (AvgIpc) is 2.49. The summed E-state index contributed by atoms with van der Waals surface area (Å²) in [5, 5.41) is 0. The maximum Gasteiger partial charge on any atom is 0.0593 e. The van der Waals surface area contributed by atoms with Crippen molar-refractivity contribution in [1.82, 2.24) is 19.6 Å². The van der Waals surface area contributed by atoms with E-state index in [-0.39, 0.29) is 0 Å². The van der Waals surface area contributed by atoms with Gasteiger partial charge in [0, 0.05) is 52.4 Å². The minimum absolute atomic E-state index is 0.817. The molecule has 0 aliphatic carbocycles. The Morgan fingerprint density at radius 3 is 0.864 bits per heavy atom. The first-order valence-electron chi connectivity index (χ1n) is 8.47. The molecule has 1 aliphatic rings. The van der Waals surface area contributed by atoms with Crippen LogP contribution < -0.4 is 0 Å². The third-order valence-electron chi connectivity index (χ3n) is 4.20. The van der Waals surface area contributed by atoms with Crippen LogP contribution in [0.4, 0.5) is 0 Å². The summed E-state index contributed by atoms with van der Waals surface area (Å²) in [7, 11) is 8.64. The van der Waals surface area contributed by atoms with Crippen LogP contribution in [0, 0.1) is 0 Å². The fraction of sp³-hybridized carbons (Fsp3) is 1.00. The largest absolute Gasteiger partial charge is 0.379 e. The molecule has 22 heavy (non-hydrogen) atoms. The Morgan fingerprint density at radius 1 is 0.409 bits per heavy atom. The molecule has 0 aromatic carbocycles. The van der Waals surface area contributed by atoms with E-state index in [1.165, 1.54) is 0 Å². The highest BCUT2D eigenvalue weighted by Gasteiger charge is 2.05. The van der Waals surface area contributed by atoms with Gasteiger partial charge in [0.2, 0.25) is 0 Å². The van der Waals surface area contributed by atoms with E-state index in [0.29, 0.717) is 0 Å². The average molecular weight is 316 g/mol. The molecule has 0 bridgehead atoms. The highest BCUT2D eigenvalue weighted by atomic mass is 16.5. The van der Waals surface area contributed by atoms with E-state index in [9.17, 15) is 0 Å². The molecule has 0 radical (unpaired) electrons. The molecular formula is C16H36N4O2. The maximum atomic E-state index is 5.74. The Balaban J connectivity index is 2.31. The van der Waals surface area contributed by atoms with Gasteiger partial charge in [0.25, 0.3) is 0 Å². The van der Waals surface area contributed by atoms with Gasteiger partial charge in [-0.15, -0.1) is 0 Å². The van der Waals surface area contributed by atoms with Gasteiger partial charge in [0.1, 0.15) is 0 Å². The molecule has 0 aromatic heterocycles. The maximum absolute atomic E-state index is 5.74. The summed E-state index contributed by atoms with van der Waals surface area (Å²) in [5.74, 6) is 0. The van der Waals surface area contributed by atoms with E-state index >= 15 is 0 Å². The molecule has 1 saturated heterocycles. The smallest absolute Gasteiger partial charge is 0.0593 e. The number of rotatable bonds is 0. The topological polar surface area (TPSA) is 31.4 Å². The van der Waals surface area contributed by atoms with Crippen molar-refractivity contribution >= 4 is 0 Å². The molecule has 0 atom stereocenters. The molecular weight excluding hydrogens is 280 g/mol. The van der Waals surface area contributed by atoms with Crippen LogP contribution in [-0.2, 0) is 9.47 Å². The van der Waals surface area contributed by atoms with Crippen molar-refractivity contribution in [3.8, 4) is 0 Å². The molecule has 1 aliphatic heterocycles. The van der Waals surface area contributed by atoms with Crippen molar-refractivity contribution in [3.63, 3.8) is 0 Å². The minimum atomic E-state index is 0.817. The Bertz CT molecular complexity index is 219. The van der Waals surface area contributed by atoms with Gasteiger partial charge in [-0.05, 0) is 28.2 Å². The Kier molecular flexibility index (Phi) is 11.0. The molecule has 6 nitrogen and oxygen atoms in total. The zero-order chi connectivity index (χ0) is 16.2. The van der Waals surface area contributed by atoms with Crippen LogP contribution >= 0.6 is 0 Å².